The quantitative estimate of drug-likeness (QED) is 0.267. The maximum atomic E-state index is 12.2. The van der Waals surface area contributed by atoms with Gasteiger partial charge in [0, 0.05) is 29.9 Å². The molecule has 0 radical (unpaired) electrons. The van der Waals surface area contributed by atoms with Gasteiger partial charge in [-0.15, -0.1) is 0 Å². The van der Waals surface area contributed by atoms with Gasteiger partial charge >= 0.3 is 0 Å². The maximum Gasteiger partial charge on any atom is 0.248 e. The molecule has 0 aliphatic rings. The second-order valence-corrected chi connectivity index (χ2v) is 8.47. The molecule has 4 rings (SSSR count). The van der Waals surface area contributed by atoms with E-state index in [0.717, 1.165) is 10.9 Å². The molecule has 1 amide bonds. The van der Waals surface area contributed by atoms with E-state index in [1.165, 1.54) is 6.08 Å². The molecular weight excluding hydrogens is 478 g/mol. The minimum Gasteiger partial charge on any atom is -0.495 e. The van der Waals surface area contributed by atoms with E-state index in [9.17, 15) is 4.79 Å². The topological polar surface area (TPSA) is 104 Å². The Bertz CT molecular complexity index is 1410. The Morgan fingerprint density at radius 3 is 2.72 bits per heavy atom. The molecule has 9 nitrogen and oxygen atoms in total. The molecule has 0 unspecified atom stereocenters. The Hall–Kier alpha value is -4.21. The van der Waals surface area contributed by atoms with E-state index in [2.05, 4.69) is 30.9 Å². The van der Waals surface area contributed by atoms with Crippen LogP contribution in [0.15, 0.2) is 73.1 Å². The molecule has 0 saturated carbocycles. The van der Waals surface area contributed by atoms with Crippen molar-refractivity contribution in [2.24, 2.45) is 0 Å². The van der Waals surface area contributed by atoms with Gasteiger partial charge in [0.25, 0.3) is 0 Å². The number of likely N-dealkylation sites (N-methyl/N-ethyl adjacent to an activating group) is 1. The Morgan fingerprint density at radius 1 is 1.08 bits per heavy atom. The van der Waals surface area contributed by atoms with Gasteiger partial charge in [-0.25, -0.2) is 4.98 Å². The molecule has 4 aromatic rings. The molecule has 0 spiro atoms. The number of methoxy groups -OCH3 is 1. The van der Waals surface area contributed by atoms with E-state index in [0.29, 0.717) is 46.1 Å². The van der Waals surface area contributed by atoms with Crippen molar-refractivity contribution in [1.82, 2.24) is 19.9 Å². The Kier molecular flexibility index (Phi) is 7.94. The summed E-state index contributed by atoms with van der Waals surface area (Å²) in [5.74, 6) is 1.20. The second-order valence-electron chi connectivity index (χ2n) is 8.09. The largest absolute Gasteiger partial charge is 0.495 e. The fourth-order valence-electron chi connectivity index (χ4n) is 3.38. The number of benzene rings is 2. The second kappa shape index (κ2) is 11.5. The summed E-state index contributed by atoms with van der Waals surface area (Å²) in [7, 11) is 5.43. The van der Waals surface area contributed by atoms with Crippen molar-refractivity contribution in [3.05, 3.63) is 78.1 Å². The monoisotopic (exact) mass is 503 g/mol. The van der Waals surface area contributed by atoms with E-state index >= 15 is 0 Å². The predicted octanol–water partition coefficient (Wildman–Crippen LogP) is 5.23. The van der Waals surface area contributed by atoms with Crippen molar-refractivity contribution in [3.63, 3.8) is 0 Å². The molecule has 10 heteroatoms. The number of para-hydroxylation sites is 1. The minimum absolute atomic E-state index is 0.226. The van der Waals surface area contributed by atoms with E-state index in [1.807, 2.05) is 43.3 Å². The van der Waals surface area contributed by atoms with Crippen molar-refractivity contribution in [3.8, 4) is 5.75 Å². The van der Waals surface area contributed by atoms with Crippen molar-refractivity contribution in [2.75, 3.05) is 43.7 Å². The van der Waals surface area contributed by atoms with Crippen LogP contribution >= 0.6 is 11.6 Å². The summed E-state index contributed by atoms with van der Waals surface area (Å²) in [4.78, 5) is 27.5. The first-order chi connectivity index (χ1) is 17.4. The minimum atomic E-state index is -0.226. The lowest BCUT2D eigenvalue weighted by atomic mass is 10.2. The van der Waals surface area contributed by atoms with Crippen LogP contribution in [0.1, 0.15) is 0 Å². The van der Waals surface area contributed by atoms with Gasteiger partial charge in [0.05, 0.1) is 35.2 Å². The van der Waals surface area contributed by atoms with Gasteiger partial charge in [-0.3, -0.25) is 9.78 Å². The van der Waals surface area contributed by atoms with Gasteiger partial charge in [-0.05, 0) is 44.4 Å². The third kappa shape index (κ3) is 6.26. The number of nitrogens with one attached hydrogen (secondary N) is 3. The highest BCUT2D eigenvalue weighted by Crippen LogP contribution is 2.32. The normalized spacial score (nSPS) is 11.1. The number of rotatable bonds is 9. The average Bonchev–Trinajstić information content (AvgIpc) is 2.86. The van der Waals surface area contributed by atoms with Gasteiger partial charge in [-0.2, -0.15) is 4.98 Å². The van der Waals surface area contributed by atoms with Crippen molar-refractivity contribution >= 4 is 57.2 Å². The molecule has 0 saturated heterocycles. The zero-order valence-corrected chi connectivity index (χ0v) is 20.9. The van der Waals surface area contributed by atoms with E-state index in [1.54, 1.807) is 49.8 Å². The maximum absolute atomic E-state index is 12.2. The molecule has 0 aliphatic carbocycles. The molecule has 2 aromatic carbocycles. The van der Waals surface area contributed by atoms with Crippen LogP contribution in [0.25, 0.3) is 10.9 Å². The summed E-state index contributed by atoms with van der Waals surface area (Å²) >= 11 is 6.59. The average molecular weight is 504 g/mol. The van der Waals surface area contributed by atoms with Crippen molar-refractivity contribution in [1.29, 1.82) is 0 Å². The Balaban J connectivity index is 1.51. The van der Waals surface area contributed by atoms with E-state index in [4.69, 9.17) is 16.3 Å². The number of hydrogen-bond donors (Lipinski definition) is 3. The lowest BCUT2D eigenvalue weighted by Gasteiger charge is -2.13. The molecular formula is C26H26ClN7O2. The van der Waals surface area contributed by atoms with Crippen LogP contribution in [0.4, 0.5) is 28.8 Å². The number of hydrogen-bond acceptors (Lipinski definition) is 8. The van der Waals surface area contributed by atoms with Gasteiger partial charge in [-0.1, -0.05) is 35.9 Å². The summed E-state index contributed by atoms with van der Waals surface area (Å²) in [5.41, 5.74) is 2.63. The summed E-state index contributed by atoms with van der Waals surface area (Å²) in [6.45, 7) is 0.672. The molecule has 0 bridgehead atoms. The van der Waals surface area contributed by atoms with Gasteiger partial charge in [0.1, 0.15) is 11.6 Å². The van der Waals surface area contributed by atoms with Crippen LogP contribution in [0.2, 0.25) is 5.02 Å². The first kappa shape index (κ1) is 24.9. The van der Waals surface area contributed by atoms with Gasteiger partial charge in [0.2, 0.25) is 11.9 Å². The smallest absolute Gasteiger partial charge is 0.248 e. The number of ether oxygens (including phenoxy) is 1. The van der Waals surface area contributed by atoms with Gasteiger partial charge in [0.15, 0.2) is 0 Å². The number of carbonyl (C=O) groups is 1. The standard InChI is InChI=1S/C26H26ClN7O2/c1-34(2)14-6-9-24(35)30-17-10-11-22(36-3)20(15-17)32-26-28-13-12-23(33-26)31-21-16-29-19-8-5-4-7-18(19)25(21)27/h4-13,15-16H,14H2,1-3H3,(H,30,35)(H2,28,31,32,33)/b9-6+. The number of halogens is 1. The number of aromatic nitrogens is 3. The van der Waals surface area contributed by atoms with Crippen molar-refractivity contribution < 1.29 is 9.53 Å². The Morgan fingerprint density at radius 2 is 1.92 bits per heavy atom. The number of fused-ring (bicyclic) bond motifs is 1. The summed E-state index contributed by atoms with van der Waals surface area (Å²) in [5, 5.41) is 10.6. The van der Waals surface area contributed by atoms with Crippen LogP contribution in [0.3, 0.4) is 0 Å². The number of amides is 1. The highest BCUT2D eigenvalue weighted by atomic mass is 35.5. The molecule has 2 aromatic heterocycles. The van der Waals surface area contributed by atoms with Crippen LogP contribution in [-0.2, 0) is 4.79 Å². The number of pyridine rings is 1. The number of carbonyl (C=O) groups excluding carboxylic acids is 1. The third-order valence-corrected chi connectivity index (χ3v) is 5.49. The van der Waals surface area contributed by atoms with Crippen LogP contribution in [0, 0.1) is 0 Å². The first-order valence-electron chi connectivity index (χ1n) is 11.1. The van der Waals surface area contributed by atoms with Crippen LogP contribution in [0.5, 0.6) is 5.75 Å². The lowest BCUT2D eigenvalue weighted by molar-refractivity contribution is -0.111. The van der Waals surface area contributed by atoms with E-state index in [-0.39, 0.29) is 5.91 Å². The third-order valence-electron chi connectivity index (χ3n) is 5.08. The number of nitrogens with zero attached hydrogens (tertiary/aromatic N) is 4. The fraction of sp³-hybridized carbons (Fsp3) is 0.154. The first-order valence-corrected chi connectivity index (χ1v) is 11.5. The van der Waals surface area contributed by atoms with Crippen LogP contribution < -0.4 is 20.7 Å². The molecule has 0 aliphatic heterocycles. The number of anilines is 5. The zero-order valence-electron chi connectivity index (χ0n) is 20.1. The van der Waals surface area contributed by atoms with Crippen LogP contribution in [-0.4, -0.2) is 53.5 Å². The fourth-order valence-corrected chi connectivity index (χ4v) is 3.64. The molecule has 0 fully saturated rings. The summed E-state index contributed by atoms with van der Waals surface area (Å²) < 4.78 is 5.46. The van der Waals surface area contributed by atoms with Crippen molar-refractivity contribution in [2.45, 2.75) is 0 Å². The summed E-state index contributed by atoms with van der Waals surface area (Å²) in [6.07, 6.45) is 6.58. The molecule has 36 heavy (non-hydrogen) atoms. The predicted molar refractivity (Wildman–Crippen MR) is 145 cm³/mol. The van der Waals surface area contributed by atoms with E-state index < -0.39 is 0 Å². The highest BCUT2D eigenvalue weighted by molar-refractivity contribution is 6.38. The SMILES string of the molecule is COc1ccc(NC(=O)/C=C/CN(C)C)cc1Nc1nccc(Nc2cnc3ccccc3c2Cl)n1. The molecule has 3 N–H and O–H groups in total. The zero-order chi connectivity index (χ0) is 25.5. The Labute approximate surface area is 214 Å². The molecule has 184 valence electrons. The lowest BCUT2D eigenvalue weighted by Crippen LogP contribution is -2.13. The summed E-state index contributed by atoms with van der Waals surface area (Å²) in [6, 6.07) is 14.6. The molecule has 0 atom stereocenters. The van der Waals surface area contributed by atoms with Gasteiger partial charge < -0.3 is 25.6 Å². The molecule has 2 heterocycles. The highest BCUT2D eigenvalue weighted by Gasteiger charge is 2.11.